The van der Waals surface area contributed by atoms with Gasteiger partial charge >= 0.3 is 0 Å². The molecule has 1 atom stereocenters. The number of ether oxygens (including phenoxy) is 2. The quantitative estimate of drug-likeness (QED) is 0.552. The largest absolute Gasteiger partial charge is 0.353 e. The van der Waals surface area contributed by atoms with Crippen molar-refractivity contribution >= 4 is 0 Å². The summed E-state index contributed by atoms with van der Waals surface area (Å²) in [6.45, 7) is 3.78. The number of nitrogens with zero attached hydrogens (tertiary/aromatic N) is 2. The first kappa shape index (κ1) is 17.4. The van der Waals surface area contributed by atoms with Crippen molar-refractivity contribution in [1.29, 1.82) is 10.5 Å². The summed E-state index contributed by atoms with van der Waals surface area (Å²) in [5, 5.41) is 17.9. The van der Waals surface area contributed by atoms with Crippen LogP contribution >= 0.6 is 0 Å². The second kappa shape index (κ2) is 7.41. The lowest BCUT2D eigenvalue weighted by Crippen LogP contribution is -2.38. The molecule has 0 N–H and O–H groups in total. The van der Waals surface area contributed by atoms with Crippen LogP contribution < -0.4 is 0 Å². The molecule has 0 amide bonds. The van der Waals surface area contributed by atoms with Gasteiger partial charge in [0.05, 0.1) is 12.1 Å². The fourth-order valence-corrected chi connectivity index (χ4v) is 2.48. The molecule has 1 aliphatic carbocycles. The molecule has 0 spiro atoms. The summed E-state index contributed by atoms with van der Waals surface area (Å²) in [4.78, 5) is 0. The highest BCUT2D eigenvalue weighted by molar-refractivity contribution is 5.15. The van der Waals surface area contributed by atoms with Crippen molar-refractivity contribution < 1.29 is 9.47 Å². The first-order valence-corrected chi connectivity index (χ1v) is 7.18. The van der Waals surface area contributed by atoms with E-state index in [1.54, 1.807) is 21.1 Å². The van der Waals surface area contributed by atoms with Gasteiger partial charge in [-0.1, -0.05) is 23.8 Å². The highest BCUT2D eigenvalue weighted by Crippen LogP contribution is 2.37. The molecule has 0 heterocycles. The summed E-state index contributed by atoms with van der Waals surface area (Å²) in [5.74, 6) is -0.156. The third kappa shape index (κ3) is 4.43. The number of hydrogen-bond acceptors (Lipinski definition) is 4. The van der Waals surface area contributed by atoms with Gasteiger partial charge in [-0.2, -0.15) is 10.5 Å². The van der Waals surface area contributed by atoms with Crippen LogP contribution in [0.1, 0.15) is 39.5 Å². The van der Waals surface area contributed by atoms with Gasteiger partial charge in [-0.15, -0.1) is 0 Å². The van der Waals surface area contributed by atoms with Gasteiger partial charge in [-0.05, 0) is 32.6 Å². The minimum atomic E-state index is -0.934. The van der Waals surface area contributed by atoms with Crippen LogP contribution in [0.15, 0.2) is 23.8 Å². The molecule has 0 saturated heterocycles. The molecule has 0 saturated carbocycles. The maximum atomic E-state index is 8.96. The minimum Gasteiger partial charge on any atom is -0.353 e. The van der Waals surface area contributed by atoms with Gasteiger partial charge in [0.15, 0.2) is 5.79 Å². The fourth-order valence-electron chi connectivity index (χ4n) is 2.48. The van der Waals surface area contributed by atoms with Gasteiger partial charge in [0.2, 0.25) is 0 Å². The molecule has 21 heavy (non-hydrogen) atoms. The van der Waals surface area contributed by atoms with Gasteiger partial charge in [0.25, 0.3) is 0 Å². The SMILES string of the molecule is COC1(OC)CC=C(C)[C@H](C/C=C\CC(C)(C#N)C#N)C1. The van der Waals surface area contributed by atoms with Crippen molar-refractivity contribution in [2.75, 3.05) is 14.2 Å². The van der Waals surface area contributed by atoms with E-state index < -0.39 is 11.2 Å². The van der Waals surface area contributed by atoms with E-state index in [4.69, 9.17) is 20.0 Å². The molecule has 0 aromatic carbocycles. The van der Waals surface area contributed by atoms with Gasteiger partial charge < -0.3 is 9.47 Å². The highest BCUT2D eigenvalue weighted by Gasteiger charge is 2.35. The second-order valence-corrected chi connectivity index (χ2v) is 5.84. The predicted molar refractivity (Wildman–Crippen MR) is 80.9 cm³/mol. The molecular weight excluding hydrogens is 264 g/mol. The Morgan fingerprint density at radius 1 is 1.33 bits per heavy atom. The third-order valence-corrected chi connectivity index (χ3v) is 4.29. The average Bonchev–Trinajstić information content (AvgIpc) is 2.53. The van der Waals surface area contributed by atoms with Crippen LogP contribution in [0.5, 0.6) is 0 Å². The van der Waals surface area contributed by atoms with Crippen LogP contribution in [0.4, 0.5) is 0 Å². The van der Waals surface area contributed by atoms with Crippen LogP contribution in [0.25, 0.3) is 0 Å². The number of nitriles is 2. The zero-order valence-electron chi connectivity index (χ0n) is 13.3. The summed E-state index contributed by atoms with van der Waals surface area (Å²) in [6.07, 6.45) is 9.06. The zero-order valence-corrected chi connectivity index (χ0v) is 13.3. The second-order valence-electron chi connectivity index (χ2n) is 5.84. The maximum absolute atomic E-state index is 8.96. The van der Waals surface area contributed by atoms with E-state index in [1.807, 2.05) is 18.2 Å². The van der Waals surface area contributed by atoms with Gasteiger partial charge in [-0.3, -0.25) is 0 Å². The van der Waals surface area contributed by atoms with Crippen molar-refractivity contribution in [3.63, 3.8) is 0 Å². The molecule has 0 aliphatic heterocycles. The first-order chi connectivity index (χ1) is 9.94. The predicted octanol–water partition coefficient (Wildman–Crippen LogP) is 3.72. The van der Waals surface area contributed by atoms with E-state index in [0.29, 0.717) is 12.3 Å². The van der Waals surface area contributed by atoms with Crippen molar-refractivity contribution in [2.45, 2.75) is 45.3 Å². The molecule has 0 radical (unpaired) electrons. The van der Waals surface area contributed by atoms with Crippen LogP contribution in [-0.4, -0.2) is 20.0 Å². The Morgan fingerprint density at radius 2 is 1.95 bits per heavy atom. The summed E-state index contributed by atoms with van der Waals surface area (Å²) in [6, 6.07) is 4.09. The molecule has 1 rings (SSSR count). The lowest BCUT2D eigenvalue weighted by Gasteiger charge is -2.37. The topological polar surface area (TPSA) is 66.0 Å². The molecule has 0 aromatic rings. The normalized spacial score (nSPS) is 21.6. The lowest BCUT2D eigenvalue weighted by molar-refractivity contribution is -0.216. The lowest BCUT2D eigenvalue weighted by atomic mass is 9.82. The molecule has 114 valence electrons. The molecule has 0 bridgehead atoms. The summed E-state index contributed by atoms with van der Waals surface area (Å²) in [5.41, 5.74) is 0.407. The van der Waals surface area contributed by atoms with E-state index in [2.05, 4.69) is 19.1 Å². The third-order valence-electron chi connectivity index (χ3n) is 4.29. The van der Waals surface area contributed by atoms with E-state index in [9.17, 15) is 0 Å². The van der Waals surface area contributed by atoms with Gasteiger partial charge in [0, 0.05) is 27.1 Å². The van der Waals surface area contributed by atoms with Crippen LogP contribution in [0, 0.1) is 34.0 Å². The van der Waals surface area contributed by atoms with Crippen molar-refractivity contribution in [3.05, 3.63) is 23.8 Å². The minimum absolute atomic E-state index is 0.366. The summed E-state index contributed by atoms with van der Waals surface area (Å²) < 4.78 is 11.0. The van der Waals surface area contributed by atoms with E-state index in [0.717, 1.165) is 19.3 Å². The van der Waals surface area contributed by atoms with Crippen LogP contribution in [-0.2, 0) is 9.47 Å². The number of rotatable bonds is 6. The Morgan fingerprint density at radius 3 is 2.48 bits per heavy atom. The smallest absolute Gasteiger partial charge is 0.171 e. The Kier molecular flexibility index (Phi) is 6.15. The van der Waals surface area contributed by atoms with E-state index >= 15 is 0 Å². The van der Waals surface area contributed by atoms with Crippen molar-refractivity contribution in [1.82, 2.24) is 0 Å². The molecule has 4 heteroatoms. The fraction of sp³-hybridized carbons (Fsp3) is 0.647. The number of allylic oxidation sites excluding steroid dienone is 3. The summed E-state index contributed by atoms with van der Waals surface area (Å²) in [7, 11) is 3.35. The molecule has 0 unspecified atom stereocenters. The van der Waals surface area contributed by atoms with Gasteiger partial charge in [0.1, 0.15) is 5.41 Å². The standard InChI is InChI=1S/C17H24N2O2/c1-14-8-10-17(20-3,21-4)11-15(14)7-5-6-9-16(2,12-18)13-19/h5-6,8,15H,7,9-11H2,1-4H3/b6-5-/t15-/m1/s1. The number of methoxy groups -OCH3 is 2. The molecule has 4 nitrogen and oxygen atoms in total. The Bertz CT molecular complexity index is 476. The first-order valence-electron chi connectivity index (χ1n) is 7.18. The molecule has 1 aliphatic rings. The van der Waals surface area contributed by atoms with Crippen molar-refractivity contribution in [3.8, 4) is 12.1 Å². The Balaban J connectivity index is 2.63. The number of hydrogen-bond donors (Lipinski definition) is 0. The zero-order chi connectivity index (χ0) is 15.9. The van der Waals surface area contributed by atoms with Crippen molar-refractivity contribution in [2.24, 2.45) is 11.3 Å². The molecular formula is C17H24N2O2. The molecule has 0 fully saturated rings. The Hall–Kier alpha value is -1.62. The van der Waals surface area contributed by atoms with E-state index in [-0.39, 0.29) is 0 Å². The van der Waals surface area contributed by atoms with Crippen LogP contribution in [0.3, 0.4) is 0 Å². The highest BCUT2D eigenvalue weighted by atomic mass is 16.7. The maximum Gasteiger partial charge on any atom is 0.171 e. The Labute approximate surface area is 127 Å². The molecule has 0 aromatic heterocycles. The van der Waals surface area contributed by atoms with Crippen LogP contribution in [0.2, 0.25) is 0 Å². The monoisotopic (exact) mass is 288 g/mol. The summed E-state index contributed by atoms with van der Waals surface area (Å²) >= 11 is 0. The van der Waals surface area contributed by atoms with Gasteiger partial charge in [-0.25, -0.2) is 0 Å². The average molecular weight is 288 g/mol. The van der Waals surface area contributed by atoms with E-state index in [1.165, 1.54) is 5.57 Å².